The Kier molecular flexibility index (Phi) is 8.39. The summed E-state index contributed by atoms with van der Waals surface area (Å²) in [7, 11) is 3.17. The maximum Gasteiger partial charge on any atom is 0.243 e. The molecule has 0 aromatic heterocycles. The summed E-state index contributed by atoms with van der Waals surface area (Å²) in [4.78, 5) is 42.6. The average molecular weight is 611 g/mol. The summed E-state index contributed by atoms with van der Waals surface area (Å²) in [5.41, 5.74) is 2.52. The Morgan fingerprint density at radius 2 is 1.81 bits per heavy atom. The van der Waals surface area contributed by atoms with E-state index < -0.39 is 11.5 Å². The number of amides is 3. The van der Waals surface area contributed by atoms with Gasteiger partial charge in [0.15, 0.2) is 0 Å². The molecule has 3 aromatic rings. The van der Waals surface area contributed by atoms with Crippen molar-refractivity contribution in [1.29, 1.82) is 0 Å². The van der Waals surface area contributed by atoms with Gasteiger partial charge in [-0.15, -0.1) is 0 Å². The van der Waals surface area contributed by atoms with E-state index in [1.54, 1.807) is 48.3 Å². The third-order valence-corrected chi connectivity index (χ3v) is 8.84. The Balaban J connectivity index is 1.47. The normalized spacial score (nSPS) is 19.6. The van der Waals surface area contributed by atoms with Crippen molar-refractivity contribution in [3.63, 3.8) is 0 Å². The molecule has 3 aromatic carbocycles. The van der Waals surface area contributed by atoms with Crippen molar-refractivity contribution in [2.75, 3.05) is 25.7 Å². The molecule has 0 aliphatic carbocycles. The number of anilines is 1. The first-order valence-corrected chi connectivity index (χ1v) is 14.5. The van der Waals surface area contributed by atoms with Crippen LogP contribution in [0.5, 0.6) is 11.5 Å². The molecular weight excluding hydrogens is 577 g/mol. The predicted molar refractivity (Wildman–Crippen MR) is 162 cm³/mol. The number of methoxy groups -OCH3 is 2. The van der Waals surface area contributed by atoms with Crippen LogP contribution in [0.1, 0.15) is 48.9 Å². The Labute approximate surface area is 255 Å². The van der Waals surface area contributed by atoms with E-state index in [1.165, 1.54) is 6.92 Å². The predicted octanol–water partition coefficient (Wildman–Crippen LogP) is 5.49. The molecule has 2 heterocycles. The summed E-state index contributed by atoms with van der Waals surface area (Å²) < 4.78 is 10.9. The molecule has 0 radical (unpaired) electrons. The van der Waals surface area contributed by atoms with Crippen LogP contribution in [0.25, 0.3) is 0 Å². The zero-order valence-electron chi connectivity index (χ0n) is 24.0. The number of halogens is 2. The van der Waals surface area contributed by atoms with E-state index >= 15 is 0 Å². The quantitative estimate of drug-likeness (QED) is 0.365. The first-order chi connectivity index (χ1) is 20.1. The van der Waals surface area contributed by atoms with E-state index in [2.05, 4.69) is 5.32 Å². The van der Waals surface area contributed by atoms with Crippen LogP contribution in [0.15, 0.2) is 54.6 Å². The molecule has 2 unspecified atom stereocenters. The largest absolute Gasteiger partial charge is 0.497 e. The van der Waals surface area contributed by atoms with E-state index in [9.17, 15) is 14.4 Å². The summed E-state index contributed by atoms with van der Waals surface area (Å²) >= 11 is 13.2. The minimum absolute atomic E-state index is 0.108. The van der Waals surface area contributed by atoms with Gasteiger partial charge in [0, 0.05) is 47.4 Å². The number of likely N-dealkylation sites (tertiary alicyclic amines) is 1. The molecule has 1 saturated heterocycles. The van der Waals surface area contributed by atoms with Gasteiger partial charge in [-0.3, -0.25) is 14.4 Å². The lowest BCUT2D eigenvalue weighted by molar-refractivity contribution is -0.136. The third-order valence-electron chi connectivity index (χ3n) is 8.28. The summed E-state index contributed by atoms with van der Waals surface area (Å²) in [6.07, 6.45) is 1.43. The SMILES string of the molecule is COc1ccc(CN2C(=O)C(C)(c3cc(CNC(=O)C4CCCN4C(C)=O)ccc3Cl)c3cc(Cl)ccc32)c(OC)c1. The van der Waals surface area contributed by atoms with Gasteiger partial charge in [0.05, 0.1) is 20.8 Å². The van der Waals surface area contributed by atoms with Crippen molar-refractivity contribution in [3.05, 3.63) is 86.9 Å². The number of nitrogens with one attached hydrogen (secondary N) is 1. The summed E-state index contributed by atoms with van der Waals surface area (Å²) in [5.74, 6) is 0.789. The van der Waals surface area contributed by atoms with Crippen molar-refractivity contribution in [1.82, 2.24) is 10.2 Å². The van der Waals surface area contributed by atoms with Gasteiger partial charge in [-0.1, -0.05) is 35.3 Å². The van der Waals surface area contributed by atoms with Crippen LogP contribution < -0.4 is 19.7 Å². The fourth-order valence-corrected chi connectivity index (χ4v) is 6.48. The first-order valence-electron chi connectivity index (χ1n) is 13.7. The topological polar surface area (TPSA) is 88.2 Å². The minimum Gasteiger partial charge on any atom is -0.497 e. The van der Waals surface area contributed by atoms with Gasteiger partial charge >= 0.3 is 0 Å². The number of hydrogen-bond donors (Lipinski definition) is 1. The van der Waals surface area contributed by atoms with Crippen LogP contribution in [0.2, 0.25) is 10.0 Å². The number of rotatable bonds is 8. The monoisotopic (exact) mass is 609 g/mol. The van der Waals surface area contributed by atoms with Crippen molar-refractivity contribution in [3.8, 4) is 11.5 Å². The van der Waals surface area contributed by atoms with Crippen LogP contribution in [0.3, 0.4) is 0 Å². The second-order valence-electron chi connectivity index (χ2n) is 10.8. The van der Waals surface area contributed by atoms with Gasteiger partial charge in [0.25, 0.3) is 0 Å². The summed E-state index contributed by atoms with van der Waals surface area (Å²) in [6, 6.07) is 15.9. The van der Waals surface area contributed by atoms with Crippen molar-refractivity contribution >= 4 is 46.6 Å². The number of carbonyl (C=O) groups excluding carboxylic acids is 3. The van der Waals surface area contributed by atoms with Crippen LogP contribution >= 0.6 is 23.2 Å². The number of benzene rings is 3. The second-order valence-corrected chi connectivity index (χ2v) is 11.6. The maximum absolute atomic E-state index is 14.4. The van der Waals surface area contributed by atoms with Crippen LogP contribution in [0.4, 0.5) is 5.69 Å². The van der Waals surface area contributed by atoms with Crippen LogP contribution in [0, 0.1) is 0 Å². The molecule has 2 aliphatic heterocycles. The smallest absolute Gasteiger partial charge is 0.243 e. The van der Waals surface area contributed by atoms with E-state index in [0.717, 1.165) is 28.8 Å². The Bertz CT molecular complexity index is 1560. The number of fused-ring (bicyclic) bond motifs is 1. The molecule has 1 N–H and O–H groups in total. The van der Waals surface area contributed by atoms with Crippen LogP contribution in [-0.4, -0.2) is 49.4 Å². The summed E-state index contributed by atoms with van der Waals surface area (Å²) in [6.45, 7) is 4.40. The molecule has 3 amide bonds. The maximum atomic E-state index is 14.4. The van der Waals surface area contributed by atoms with Gasteiger partial charge < -0.3 is 24.6 Å². The van der Waals surface area contributed by atoms with Gasteiger partial charge in [-0.2, -0.15) is 0 Å². The molecule has 2 aliphatic rings. The number of ether oxygens (including phenoxy) is 2. The van der Waals surface area contributed by atoms with Gasteiger partial charge in [-0.05, 0) is 72.9 Å². The Morgan fingerprint density at radius 3 is 2.52 bits per heavy atom. The summed E-state index contributed by atoms with van der Waals surface area (Å²) in [5, 5.41) is 3.89. The standard InChI is InChI=1S/C32H33Cl2N3O5/c1-19(38)36-13-5-6-28(36)30(39)35-17-20-7-11-26(34)24(14-20)32(2)25-15-22(33)9-12-27(25)37(31(32)40)18-21-8-10-23(41-3)16-29(21)42-4/h7-12,14-16,28H,5-6,13,17-18H2,1-4H3,(H,35,39). The highest BCUT2D eigenvalue weighted by atomic mass is 35.5. The zero-order chi connectivity index (χ0) is 30.2. The van der Waals surface area contributed by atoms with Gasteiger partial charge in [-0.25, -0.2) is 0 Å². The molecule has 1 fully saturated rings. The number of carbonyl (C=O) groups is 3. The molecule has 0 saturated carbocycles. The Morgan fingerprint density at radius 1 is 1.02 bits per heavy atom. The van der Waals surface area contributed by atoms with Crippen molar-refractivity contribution in [2.45, 2.75) is 51.2 Å². The highest BCUT2D eigenvalue weighted by Gasteiger charge is 2.50. The third kappa shape index (κ3) is 5.29. The fraction of sp³-hybridized carbons (Fsp3) is 0.344. The number of hydrogen-bond acceptors (Lipinski definition) is 5. The molecule has 220 valence electrons. The van der Waals surface area contributed by atoms with E-state index in [0.29, 0.717) is 40.1 Å². The molecule has 8 nitrogen and oxygen atoms in total. The van der Waals surface area contributed by atoms with E-state index in [1.807, 2.05) is 37.3 Å². The van der Waals surface area contributed by atoms with Crippen molar-refractivity contribution < 1.29 is 23.9 Å². The second kappa shape index (κ2) is 11.9. The Hall–Kier alpha value is -3.75. The molecule has 0 spiro atoms. The van der Waals surface area contributed by atoms with Crippen LogP contribution in [-0.2, 0) is 32.9 Å². The molecular formula is C32H33Cl2N3O5. The molecule has 2 atom stereocenters. The van der Waals surface area contributed by atoms with Crippen molar-refractivity contribution in [2.24, 2.45) is 0 Å². The molecule has 42 heavy (non-hydrogen) atoms. The molecule has 10 heteroatoms. The highest BCUT2D eigenvalue weighted by molar-refractivity contribution is 6.32. The minimum atomic E-state index is -1.14. The highest BCUT2D eigenvalue weighted by Crippen LogP contribution is 2.49. The number of nitrogens with zero attached hydrogens (tertiary/aromatic N) is 2. The zero-order valence-corrected chi connectivity index (χ0v) is 25.5. The van der Waals surface area contributed by atoms with Gasteiger partial charge in [0.1, 0.15) is 23.0 Å². The molecule has 0 bridgehead atoms. The van der Waals surface area contributed by atoms with Gasteiger partial charge in [0.2, 0.25) is 17.7 Å². The van der Waals surface area contributed by atoms with E-state index in [4.69, 9.17) is 32.7 Å². The average Bonchev–Trinajstić information content (AvgIpc) is 3.56. The lowest BCUT2D eigenvalue weighted by atomic mass is 9.76. The first kappa shape index (κ1) is 29.7. The lowest BCUT2D eigenvalue weighted by Gasteiger charge is -2.27. The molecule has 5 rings (SSSR count). The van der Waals surface area contributed by atoms with E-state index in [-0.39, 0.29) is 30.8 Å². The fourth-order valence-electron chi connectivity index (χ4n) is 6.00. The lowest BCUT2D eigenvalue weighted by Crippen LogP contribution is -2.45.